The van der Waals surface area contributed by atoms with Crippen molar-refractivity contribution in [1.29, 1.82) is 0 Å². The first-order valence-electron chi connectivity index (χ1n) is 11.2. The van der Waals surface area contributed by atoms with Crippen LogP contribution in [-0.2, 0) is 15.3 Å². The lowest BCUT2D eigenvalue weighted by molar-refractivity contribution is -0.139. The van der Waals surface area contributed by atoms with E-state index in [9.17, 15) is 4.79 Å². The molecule has 1 atom stereocenters. The van der Waals surface area contributed by atoms with Gasteiger partial charge < -0.3 is 19.5 Å². The average Bonchev–Trinajstić information content (AvgIpc) is 3.27. The van der Waals surface area contributed by atoms with Crippen molar-refractivity contribution in [1.82, 2.24) is 14.8 Å². The summed E-state index contributed by atoms with van der Waals surface area (Å²) in [6.07, 6.45) is 0.722. The molecule has 2 aromatic carbocycles. The maximum atomic E-state index is 13.2. The first-order chi connectivity index (χ1) is 17.0. The van der Waals surface area contributed by atoms with Crippen LogP contribution in [0.25, 0.3) is 0 Å². The summed E-state index contributed by atoms with van der Waals surface area (Å²) in [4.78, 5) is 17.8. The highest BCUT2D eigenvalue weighted by molar-refractivity contribution is 7.98. The number of allylic oxidation sites excluding steroid dienone is 1. The molecule has 0 saturated carbocycles. The number of aromatic nitrogens is 3. The van der Waals surface area contributed by atoms with Gasteiger partial charge in [0.05, 0.1) is 26.4 Å². The molecule has 0 spiro atoms. The fraction of sp³-hybridized carbons (Fsp3) is 0.320. The van der Waals surface area contributed by atoms with Crippen LogP contribution in [0, 0.1) is 0 Å². The summed E-state index contributed by atoms with van der Waals surface area (Å²) < 4.78 is 18.3. The first kappa shape index (κ1) is 24.9. The van der Waals surface area contributed by atoms with Crippen LogP contribution in [0.4, 0.5) is 5.95 Å². The number of rotatable bonds is 9. The lowest BCUT2D eigenvalue weighted by Crippen LogP contribution is -2.30. The molecule has 0 radical (unpaired) electrons. The van der Waals surface area contributed by atoms with Crippen LogP contribution in [0.2, 0.25) is 5.02 Å². The molecule has 2 heterocycles. The van der Waals surface area contributed by atoms with Crippen molar-refractivity contribution in [2.45, 2.75) is 37.2 Å². The average molecular weight is 515 g/mol. The molecule has 1 aromatic heterocycles. The summed E-state index contributed by atoms with van der Waals surface area (Å²) in [7, 11) is 3.17. The van der Waals surface area contributed by atoms with Crippen LogP contribution in [0.3, 0.4) is 0 Å². The van der Waals surface area contributed by atoms with Crippen molar-refractivity contribution in [3.05, 3.63) is 69.9 Å². The molecule has 0 amide bonds. The number of carbonyl (C=O) groups excluding carboxylic acids is 1. The number of benzene rings is 2. The van der Waals surface area contributed by atoms with E-state index in [1.54, 1.807) is 25.0 Å². The summed E-state index contributed by atoms with van der Waals surface area (Å²) >= 11 is 7.78. The fourth-order valence-corrected chi connectivity index (χ4v) is 4.93. The van der Waals surface area contributed by atoms with Gasteiger partial charge in [-0.05, 0) is 37.1 Å². The van der Waals surface area contributed by atoms with E-state index in [0.717, 1.165) is 17.5 Å². The summed E-state index contributed by atoms with van der Waals surface area (Å²) in [6, 6.07) is 12.6. The zero-order valence-electron chi connectivity index (χ0n) is 20.0. The lowest BCUT2D eigenvalue weighted by Gasteiger charge is -2.29. The second kappa shape index (κ2) is 11.0. The number of hydrogen-bond acceptors (Lipinski definition) is 8. The van der Waals surface area contributed by atoms with Crippen LogP contribution in [0.15, 0.2) is 58.9 Å². The predicted octanol–water partition coefficient (Wildman–Crippen LogP) is 5.48. The third-order valence-electron chi connectivity index (χ3n) is 5.54. The molecule has 3 aromatic rings. The Morgan fingerprint density at radius 2 is 2.00 bits per heavy atom. The number of nitrogens with one attached hydrogen (secondary N) is 1. The number of nitrogens with zero attached hydrogens (tertiary/aromatic N) is 3. The molecule has 1 N–H and O–H groups in total. The number of carbonyl (C=O) groups is 1. The van der Waals surface area contributed by atoms with E-state index in [0.29, 0.717) is 51.3 Å². The second-order valence-corrected chi connectivity index (χ2v) is 9.20. The van der Waals surface area contributed by atoms with Gasteiger partial charge in [-0.15, -0.1) is 5.10 Å². The van der Waals surface area contributed by atoms with Gasteiger partial charge in [0.15, 0.2) is 0 Å². The minimum Gasteiger partial charge on any atom is -0.497 e. The van der Waals surface area contributed by atoms with E-state index in [1.165, 1.54) is 11.8 Å². The number of thioether (sulfide) groups is 1. The Labute approximate surface area is 213 Å². The molecule has 0 saturated heterocycles. The quantitative estimate of drug-likeness (QED) is 0.296. The molecular formula is C25H27ClN4O4S. The van der Waals surface area contributed by atoms with Crippen molar-refractivity contribution in [2.24, 2.45) is 0 Å². The molecule has 10 heteroatoms. The molecule has 184 valence electrons. The van der Waals surface area contributed by atoms with Crippen molar-refractivity contribution in [3.8, 4) is 11.5 Å². The van der Waals surface area contributed by atoms with E-state index in [4.69, 9.17) is 30.9 Å². The summed E-state index contributed by atoms with van der Waals surface area (Å²) in [5.74, 6) is 1.93. The number of halogens is 1. The summed E-state index contributed by atoms with van der Waals surface area (Å²) in [6.45, 7) is 4.11. The van der Waals surface area contributed by atoms with Crippen molar-refractivity contribution in [2.75, 3.05) is 26.1 Å². The smallest absolute Gasteiger partial charge is 0.338 e. The molecule has 0 aliphatic carbocycles. The number of esters is 1. The van der Waals surface area contributed by atoms with Crippen molar-refractivity contribution < 1.29 is 19.0 Å². The third kappa shape index (κ3) is 5.26. The third-order valence-corrected chi connectivity index (χ3v) is 6.80. The highest BCUT2D eigenvalue weighted by Crippen LogP contribution is 2.41. The number of anilines is 1. The first-order valence-corrected chi connectivity index (χ1v) is 12.5. The minimum absolute atomic E-state index is 0.325. The topological polar surface area (TPSA) is 87.5 Å². The molecular weight excluding hydrogens is 488 g/mol. The zero-order chi connectivity index (χ0) is 24.9. The Morgan fingerprint density at radius 3 is 2.71 bits per heavy atom. The Bertz CT molecular complexity index is 1260. The zero-order valence-corrected chi connectivity index (χ0v) is 21.6. The van der Waals surface area contributed by atoms with Gasteiger partial charge >= 0.3 is 5.97 Å². The highest BCUT2D eigenvalue weighted by atomic mass is 35.5. The van der Waals surface area contributed by atoms with Crippen LogP contribution in [0.5, 0.6) is 11.5 Å². The van der Waals surface area contributed by atoms with Gasteiger partial charge in [-0.3, -0.25) is 0 Å². The van der Waals surface area contributed by atoms with Gasteiger partial charge in [0.25, 0.3) is 0 Å². The predicted molar refractivity (Wildman–Crippen MR) is 136 cm³/mol. The summed E-state index contributed by atoms with van der Waals surface area (Å²) in [5, 5.41) is 9.23. The molecule has 35 heavy (non-hydrogen) atoms. The van der Waals surface area contributed by atoms with E-state index >= 15 is 0 Å². The number of methoxy groups -OCH3 is 2. The van der Waals surface area contributed by atoms with Crippen LogP contribution in [0.1, 0.15) is 37.4 Å². The highest BCUT2D eigenvalue weighted by Gasteiger charge is 2.37. The minimum atomic E-state index is -0.598. The van der Waals surface area contributed by atoms with E-state index in [2.05, 4.69) is 10.3 Å². The van der Waals surface area contributed by atoms with E-state index in [-0.39, 0.29) is 0 Å². The van der Waals surface area contributed by atoms with Crippen molar-refractivity contribution in [3.63, 3.8) is 0 Å². The molecule has 1 aliphatic heterocycles. The number of fused-ring (bicyclic) bond motifs is 1. The Hall–Kier alpha value is -3.17. The molecule has 1 aliphatic rings. The molecule has 8 nitrogen and oxygen atoms in total. The Balaban J connectivity index is 1.75. The Morgan fingerprint density at radius 1 is 1.20 bits per heavy atom. The van der Waals surface area contributed by atoms with Crippen LogP contribution < -0.4 is 14.8 Å². The van der Waals surface area contributed by atoms with Gasteiger partial charge in [-0.2, -0.15) is 4.98 Å². The van der Waals surface area contributed by atoms with Gasteiger partial charge in [0.1, 0.15) is 17.5 Å². The van der Waals surface area contributed by atoms with Crippen LogP contribution >= 0.6 is 23.4 Å². The maximum absolute atomic E-state index is 13.2. The number of ether oxygens (including phenoxy) is 3. The number of hydrogen-bond donors (Lipinski definition) is 1. The van der Waals surface area contributed by atoms with Gasteiger partial charge in [-0.1, -0.05) is 48.5 Å². The molecule has 1 unspecified atom stereocenters. The fourth-order valence-electron chi connectivity index (χ4n) is 3.82. The maximum Gasteiger partial charge on any atom is 0.338 e. The van der Waals surface area contributed by atoms with Gasteiger partial charge in [0.2, 0.25) is 11.1 Å². The van der Waals surface area contributed by atoms with Gasteiger partial charge in [-0.25, -0.2) is 9.48 Å². The molecule has 4 rings (SSSR count). The monoisotopic (exact) mass is 514 g/mol. The Kier molecular flexibility index (Phi) is 7.87. The van der Waals surface area contributed by atoms with Crippen molar-refractivity contribution >= 4 is 35.3 Å². The lowest BCUT2D eigenvalue weighted by atomic mass is 9.95. The van der Waals surface area contributed by atoms with Gasteiger partial charge in [0, 0.05) is 28.1 Å². The normalized spacial score (nSPS) is 14.8. The van der Waals surface area contributed by atoms with E-state index < -0.39 is 12.0 Å². The molecule has 0 bridgehead atoms. The summed E-state index contributed by atoms with van der Waals surface area (Å²) in [5.41, 5.74) is 2.83. The van der Waals surface area contributed by atoms with Crippen LogP contribution in [-0.4, -0.2) is 41.6 Å². The standard InChI is InChI=1S/C25H27ClN4O4S/c1-5-12-34-23(31)21-15(2)27-24-28-25(35-14-16-8-6-7-9-19(16)26)29-30(24)22(21)18-11-10-17(32-3)13-20(18)33-4/h6-11,13,22H,5,12,14H2,1-4H3,(H,27,28,29). The second-order valence-electron chi connectivity index (χ2n) is 7.85. The van der Waals surface area contributed by atoms with E-state index in [1.807, 2.05) is 50.2 Å². The SMILES string of the molecule is CCCOC(=O)C1=C(C)Nc2nc(SCc3ccccc3Cl)nn2C1c1ccc(OC)cc1OC. The molecule has 0 fully saturated rings. The largest absolute Gasteiger partial charge is 0.497 e.